The molecular weight excluding hydrogens is 889 g/mol. The van der Waals surface area contributed by atoms with Crippen molar-refractivity contribution in [3.8, 4) is 45.2 Å². The van der Waals surface area contributed by atoms with Gasteiger partial charge in [0.05, 0.1) is 34.0 Å². The maximum atomic E-state index is 6.46. The molecule has 283 valence electrons. The SMILES string of the molecule is Cc1cc(C)cc(-c2ccc(-c3cnc(-c4[c-]cccc4)n3C)cc2)c1.Cn1c(-c2[c-]ccc3c2oc2cc4c(ccc5ccccc54)cc23)nc2ccccc21.[Ir]. The predicted molar refractivity (Wildman–Crippen MR) is 235 cm³/mol. The summed E-state index contributed by atoms with van der Waals surface area (Å²) in [6.45, 7) is 4.28. The number of furan rings is 1. The van der Waals surface area contributed by atoms with Crippen LogP contribution in [0.2, 0.25) is 0 Å². The van der Waals surface area contributed by atoms with Crippen molar-refractivity contribution < 1.29 is 24.5 Å². The summed E-state index contributed by atoms with van der Waals surface area (Å²) in [5, 5.41) is 7.10. The molecule has 0 aliphatic carbocycles. The molecule has 0 aliphatic heterocycles. The zero-order chi connectivity index (χ0) is 38.6. The fourth-order valence-corrected chi connectivity index (χ4v) is 8.21. The van der Waals surface area contributed by atoms with Crippen LogP contribution >= 0.6 is 0 Å². The normalized spacial score (nSPS) is 11.3. The average Bonchev–Trinajstić information content (AvgIpc) is 3.92. The van der Waals surface area contributed by atoms with Gasteiger partial charge in [0.2, 0.25) is 0 Å². The summed E-state index contributed by atoms with van der Waals surface area (Å²) in [7, 11) is 4.09. The fourth-order valence-electron chi connectivity index (χ4n) is 8.21. The van der Waals surface area contributed by atoms with Crippen LogP contribution in [0.3, 0.4) is 0 Å². The minimum atomic E-state index is 0. The quantitative estimate of drug-likeness (QED) is 0.131. The smallest absolute Gasteiger partial charge is 0.121 e. The predicted octanol–water partition coefficient (Wildman–Crippen LogP) is 13.1. The minimum Gasteiger partial charge on any atom is -0.501 e. The molecule has 0 saturated heterocycles. The molecule has 0 saturated carbocycles. The molecular formula is C52H38IrN4O-2. The fraction of sp³-hybridized carbons (Fsp3) is 0.0769. The van der Waals surface area contributed by atoms with E-state index < -0.39 is 0 Å². The maximum Gasteiger partial charge on any atom is 0.121 e. The van der Waals surface area contributed by atoms with Gasteiger partial charge in [-0.3, -0.25) is 9.97 Å². The molecule has 0 bridgehead atoms. The number of hydrogen-bond donors (Lipinski definition) is 0. The Hall–Kier alpha value is -6.59. The molecule has 6 heteroatoms. The van der Waals surface area contributed by atoms with Crippen LogP contribution in [-0.2, 0) is 34.2 Å². The average molecular weight is 927 g/mol. The van der Waals surface area contributed by atoms with Crippen molar-refractivity contribution in [3.63, 3.8) is 0 Å². The standard InChI is InChI=1S/C28H17N2O.C24H21N2.Ir/c1-30-25-12-5-4-11-24(25)29-28(30)21-10-6-9-20-23-15-18-14-13-17-7-2-3-8-19(17)22(18)16-26(23)31-27(20)21;1-17-13-18(2)15-22(14-17)19-9-11-20(12-10-19)23-16-25-24(26(23)3)21-7-5-4-6-8-21;/h2-9,11-16H,1H3;4-7,9-16H,1-3H3;/q2*-1;. The number of hydrogen-bond acceptors (Lipinski definition) is 3. The van der Waals surface area contributed by atoms with Crippen LogP contribution in [0, 0.1) is 26.0 Å². The monoisotopic (exact) mass is 927 g/mol. The summed E-state index contributed by atoms with van der Waals surface area (Å²) in [6, 6.07) is 59.4. The van der Waals surface area contributed by atoms with Crippen LogP contribution in [0.1, 0.15) is 11.1 Å². The van der Waals surface area contributed by atoms with Gasteiger partial charge in [0, 0.05) is 45.8 Å². The summed E-state index contributed by atoms with van der Waals surface area (Å²) >= 11 is 0. The van der Waals surface area contributed by atoms with Gasteiger partial charge in [-0.1, -0.05) is 113 Å². The van der Waals surface area contributed by atoms with Crippen LogP contribution in [0.5, 0.6) is 0 Å². The number of aromatic nitrogens is 4. The molecule has 0 spiro atoms. The molecule has 1 radical (unpaired) electrons. The zero-order valence-corrected chi connectivity index (χ0v) is 34.9. The first kappa shape index (κ1) is 37.0. The molecule has 0 atom stereocenters. The Kier molecular flexibility index (Phi) is 9.61. The van der Waals surface area contributed by atoms with E-state index in [1.807, 2.05) is 61.8 Å². The van der Waals surface area contributed by atoms with Crippen LogP contribution < -0.4 is 0 Å². The number of benzene rings is 8. The minimum absolute atomic E-state index is 0. The van der Waals surface area contributed by atoms with E-state index in [1.54, 1.807) is 0 Å². The van der Waals surface area contributed by atoms with E-state index in [2.05, 4.69) is 150 Å². The Bertz CT molecular complexity index is 3260. The van der Waals surface area contributed by atoms with Crippen LogP contribution in [-0.4, -0.2) is 19.1 Å². The van der Waals surface area contributed by atoms with E-state index in [0.717, 1.165) is 67.0 Å². The first-order chi connectivity index (χ1) is 27.9. The summed E-state index contributed by atoms with van der Waals surface area (Å²) in [5.41, 5.74) is 13.0. The Morgan fingerprint density at radius 3 is 2.09 bits per heavy atom. The molecule has 3 aromatic heterocycles. The Morgan fingerprint density at radius 2 is 1.29 bits per heavy atom. The maximum absolute atomic E-state index is 6.46. The molecule has 0 unspecified atom stereocenters. The van der Waals surface area contributed by atoms with Crippen LogP contribution in [0.25, 0.3) is 99.7 Å². The molecule has 5 nitrogen and oxygen atoms in total. The van der Waals surface area contributed by atoms with Crippen LogP contribution in [0.4, 0.5) is 0 Å². The Labute approximate surface area is 350 Å². The van der Waals surface area contributed by atoms with E-state index in [9.17, 15) is 0 Å². The molecule has 0 aliphatic rings. The number of rotatable bonds is 4. The molecule has 11 aromatic rings. The third-order valence-corrected chi connectivity index (χ3v) is 11.0. The van der Waals surface area contributed by atoms with E-state index >= 15 is 0 Å². The van der Waals surface area contributed by atoms with Crippen molar-refractivity contribution in [1.29, 1.82) is 0 Å². The van der Waals surface area contributed by atoms with E-state index in [-0.39, 0.29) is 20.1 Å². The van der Waals surface area contributed by atoms with Crippen LogP contribution in [0.15, 0.2) is 162 Å². The van der Waals surface area contributed by atoms with Gasteiger partial charge < -0.3 is 13.6 Å². The van der Waals surface area contributed by atoms with Crippen molar-refractivity contribution >= 4 is 54.5 Å². The van der Waals surface area contributed by atoms with E-state index in [1.165, 1.54) is 43.8 Å². The van der Waals surface area contributed by atoms with Gasteiger partial charge in [0.25, 0.3) is 0 Å². The largest absolute Gasteiger partial charge is 0.501 e. The molecule has 11 rings (SSSR count). The van der Waals surface area contributed by atoms with Crippen molar-refractivity contribution in [2.75, 3.05) is 0 Å². The Morgan fingerprint density at radius 1 is 0.552 bits per heavy atom. The molecule has 0 amide bonds. The topological polar surface area (TPSA) is 48.8 Å². The third-order valence-electron chi connectivity index (χ3n) is 11.0. The third kappa shape index (κ3) is 6.51. The van der Waals surface area contributed by atoms with E-state index in [4.69, 9.17) is 9.40 Å². The Balaban J connectivity index is 0.000000150. The van der Waals surface area contributed by atoms with Crippen molar-refractivity contribution in [2.24, 2.45) is 14.1 Å². The molecule has 3 heterocycles. The molecule has 58 heavy (non-hydrogen) atoms. The zero-order valence-electron chi connectivity index (χ0n) is 32.5. The van der Waals surface area contributed by atoms with Gasteiger partial charge in [0.15, 0.2) is 0 Å². The van der Waals surface area contributed by atoms with Gasteiger partial charge in [-0.15, -0.1) is 54.1 Å². The van der Waals surface area contributed by atoms with Crippen molar-refractivity contribution in [3.05, 3.63) is 181 Å². The second kappa shape index (κ2) is 15.1. The summed E-state index contributed by atoms with van der Waals surface area (Å²) in [4.78, 5) is 9.47. The van der Waals surface area contributed by atoms with Crippen molar-refractivity contribution in [2.45, 2.75) is 13.8 Å². The van der Waals surface area contributed by atoms with Gasteiger partial charge >= 0.3 is 0 Å². The summed E-state index contributed by atoms with van der Waals surface area (Å²) in [5.74, 6) is 1.79. The molecule has 0 fully saturated rings. The first-order valence-electron chi connectivity index (χ1n) is 19.2. The van der Waals surface area contributed by atoms with E-state index in [0.29, 0.717) is 0 Å². The number of imidazole rings is 2. The van der Waals surface area contributed by atoms with Crippen molar-refractivity contribution in [1.82, 2.24) is 19.1 Å². The summed E-state index contributed by atoms with van der Waals surface area (Å²) in [6.07, 6.45) is 1.93. The number of fused-ring (bicyclic) bond motifs is 7. The first-order valence-corrected chi connectivity index (χ1v) is 19.2. The van der Waals surface area contributed by atoms with Gasteiger partial charge in [-0.05, 0) is 76.3 Å². The second-order valence-corrected chi connectivity index (χ2v) is 14.8. The summed E-state index contributed by atoms with van der Waals surface area (Å²) < 4.78 is 10.7. The second-order valence-electron chi connectivity index (χ2n) is 14.8. The molecule has 8 aromatic carbocycles. The van der Waals surface area contributed by atoms with Gasteiger partial charge in [-0.2, -0.15) is 0 Å². The van der Waals surface area contributed by atoms with Gasteiger partial charge in [-0.25, -0.2) is 0 Å². The molecule has 0 N–H and O–H groups in total. The number of nitrogens with zero attached hydrogens (tertiary/aromatic N) is 4. The number of aryl methyl sites for hydroxylation is 3. The van der Waals surface area contributed by atoms with Gasteiger partial charge in [0.1, 0.15) is 5.58 Å². The number of para-hydroxylation sites is 2.